The highest BCUT2D eigenvalue weighted by Gasteiger charge is 2.13. The lowest BCUT2D eigenvalue weighted by molar-refractivity contribution is -0.384. The van der Waals surface area contributed by atoms with Gasteiger partial charge in [-0.15, -0.1) is 0 Å². The molecule has 0 aliphatic carbocycles. The van der Waals surface area contributed by atoms with Crippen molar-refractivity contribution in [1.29, 1.82) is 0 Å². The van der Waals surface area contributed by atoms with E-state index in [0.29, 0.717) is 29.7 Å². The number of rotatable bonds is 6. The number of nitro benzene ring substituents is 1. The first-order valence-corrected chi connectivity index (χ1v) is 6.31. The van der Waals surface area contributed by atoms with Crippen LogP contribution in [0, 0.1) is 10.1 Å². The minimum absolute atomic E-state index is 0.0301. The van der Waals surface area contributed by atoms with E-state index in [2.05, 4.69) is 9.97 Å². The molecule has 0 aliphatic heterocycles. The molecule has 8 heteroatoms. The topological polar surface area (TPSA) is 109 Å². The third-order valence-corrected chi connectivity index (χ3v) is 3.05. The summed E-state index contributed by atoms with van der Waals surface area (Å²) in [5, 5.41) is 20.1. The second kappa shape index (κ2) is 6.12. The Kier molecular flexibility index (Phi) is 4.27. The molecule has 8 nitrogen and oxygen atoms in total. The summed E-state index contributed by atoms with van der Waals surface area (Å²) >= 11 is 0. The second-order valence-electron chi connectivity index (χ2n) is 4.57. The van der Waals surface area contributed by atoms with Crippen LogP contribution in [-0.4, -0.2) is 39.6 Å². The number of carbonyl (C=O) groups is 1. The lowest BCUT2D eigenvalue weighted by Gasteiger charge is -2.18. The van der Waals surface area contributed by atoms with E-state index in [1.807, 2.05) is 0 Å². The molecule has 1 heterocycles. The first kappa shape index (κ1) is 14.6. The maximum absolute atomic E-state index is 10.9. The molecule has 0 unspecified atom stereocenters. The van der Waals surface area contributed by atoms with Crippen molar-refractivity contribution in [2.75, 3.05) is 18.5 Å². The molecule has 1 aromatic heterocycles. The Balaban J connectivity index is 2.31. The fourth-order valence-corrected chi connectivity index (χ4v) is 2.02. The van der Waals surface area contributed by atoms with E-state index >= 15 is 0 Å². The minimum atomic E-state index is -0.855. The number of benzene rings is 1. The van der Waals surface area contributed by atoms with E-state index in [9.17, 15) is 14.9 Å². The molecule has 0 bridgehead atoms. The van der Waals surface area contributed by atoms with Gasteiger partial charge in [-0.05, 0) is 12.5 Å². The van der Waals surface area contributed by atoms with E-state index in [0.717, 1.165) is 0 Å². The Labute approximate surface area is 120 Å². The normalized spacial score (nSPS) is 10.5. The van der Waals surface area contributed by atoms with Crippen LogP contribution in [0.3, 0.4) is 0 Å². The largest absolute Gasteiger partial charge is 0.481 e. The maximum atomic E-state index is 10.9. The van der Waals surface area contributed by atoms with Crippen LogP contribution in [0.15, 0.2) is 24.5 Å². The van der Waals surface area contributed by atoms with Crippen LogP contribution in [0.4, 0.5) is 11.5 Å². The number of anilines is 1. The van der Waals surface area contributed by atoms with E-state index in [1.165, 1.54) is 18.5 Å². The van der Waals surface area contributed by atoms with Gasteiger partial charge in [0, 0.05) is 37.5 Å². The fraction of sp³-hybridized carbons (Fsp3) is 0.308. The number of hydrogen-bond donors (Lipinski definition) is 1. The second-order valence-corrected chi connectivity index (χ2v) is 4.57. The number of aromatic nitrogens is 2. The van der Waals surface area contributed by atoms with Gasteiger partial charge in [0.2, 0.25) is 0 Å². The summed E-state index contributed by atoms with van der Waals surface area (Å²) in [6, 6.07) is 4.39. The van der Waals surface area contributed by atoms with Gasteiger partial charge in [0.05, 0.1) is 10.4 Å². The molecule has 0 radical (unpaired) electrons. The highest BCUT2D eigenvalue weighted by atomic mass is 16.6. The molecule has 110 valence electrons. The number of nitrogens with zero attached hydrogens (tertiary/aromatic N) is 4. The Bertz CT molecular complexity index is 689. The van der Waals surface area contributed by atoms with Gasteiger partial charge in [0.15, 0.2) is 0 Å². The van der Waals surface area contributed by atoms with Gasteiger partial charge in [0.1, 0.15) is 12.1 Å². The molecule has 0 fully saturated rings. The zero-order valence-corrected chi connectivity index (χ0v) is 11.4. The van der Waals surface area contributed by atoms with Crippen LogP contribution < -0.4 is 4.90 Å². The van der Waals surface area contributed by atoms with Crippen LogP contribution in [0.1, 0.15) is 12.8 Å². The lowest BCUT2D eigenvalue weighted by atomic mass is 10.2. The highest BCUT2D eigenvalue weighted by Crippen LogP contribution is 2.26. The molecule has 0 spiro atoms. The molecule has 0 aliphatic rings. The van der Waals surface area contributed by atoms with Crippen molar-refractivity contribution < 1.29 is 14.8 Å². The molecule has 0 saturated carbocycles. The SMILES string of the molecule is CN(CCCC(=O)O)c1ncnc2ccc([N+](=O)[O-])cc12. The van der Waals surface area contributed by atoms with Crippen molar-refractivity contribution >= 4 is 28.4 Å². The van der Waals surface area contributed by atoms with Gasteiger partial charge in [-0.1, -0.05) is 0 Å². The molecule has 21 heavy (non-hydrogen) atoms. The molecular formula is C13H14N4O4. The van der Waals surface area contributed by atoms with Crippen LogP contribution in [0.5, 0.6) is 0 Å². The zero-order valence-electron chi connectivity index (χ0n) is 11.4. The minimum Gasteiger partial charge on any atom is -0.481 e. The number of aliphatic carboxylic acids is 1. The third-order valence-electron chi connectivity index (χ3n) is 3.05. The average molecular weight is 290 g/mol. The average Bonchev–Trinajstić information content (AvgIpc) is 2.45. The highest BCUT2D eigenvalue weighted by molar-refractivity contribution is 5.90. The standard InChI is InChI=1S/C13H14N4O4/c1-16(6-2-3-12(18)19)13-10-7-9(17(20)21)4-5-11(10)14-8-15-13/h4-5,7-8H,2-3,6H2,1H3,(H,18,19). The molecule has 1 N–H and O–H groups in total. The third kappa shape index (κ3) is 3.41. The zero-order chi connectivity index (χ0) is 15.4. The first-order chi connectivity index (χ1) is 9.99. The molecule has 0 amide bonds. The fourth-order valence-electron chi connectivity index (χ4n) is 2.02. The molecule has 0 saturated heterocycles. The Morgan fingerprint density at radius 2 is 2.19 bits per heavy atom. The molecule has 1 aromatic carbocycles. The number of carboxylic acid groups (broad SMARTS) is 1. The van der Waals surface area contributed by atoms with Gasteiger partial charge in [-0.3, -0.25) is 14.9 Å². The Hall–Kier alpha value is -2.77. The lowest BCUT2D eigenvalue weighted by Crippen LogP contribution is -2.20. The Morgan fingerprint density at radius 3 is 2.86 bits per heavy atom. The molecule has 2 rings (SSSR count). The summed E-state index contributed by atoms with van der Waals surface area (Å²) in [6.07, 6.45) is 1.91. The summed E-state index contributed by atoms with van der Waals surface area (Å²) in [4.78, 5) is 30.9. The monoisotopic (exact) mass is 290 g/mol. The van der Waals surface area contributed by atoms with Crippen molar-refractivity contribution in [3.05, 3.63) is 34.6 Å². The summed E-state index contributed by atoms with van der Waals surface area (Å²) in [5.74, 6) is -0.305. The van der Waals surface area contributed by atoms with Gasteiger partial charge in [-0.2, -0.15) is 0 Å². The molecular weight excluding hydrogens is 276 g/mol. The van der Waals surface area contributed by atoms with E-state index < -0.39 is 10.9 Å². The summed E-state index contributed by atoms with van der Waals surface area (Å²) in [5.41, 5.74) is 0.577. The van der Waals surface area contributed by atoms with Crippen LogP contribution >= 0.6 is 0 Å². The summed E-state index contributed by atoms with van der Waals surface area (Å²) in [7, 11) is 1.77. The van der Waals surface area contributed by atoms with Gasteiger partial charge >= 0.3 is 5.97 Å². The van der Waals surface area contributed by atoms with Crippen LogP contribution in [0.25, 0.3) is 10.9 Å². The predicted octanol–water partition coefficient (Wildman–Crippen LogP) is 1.84. The van der Waals surface area contributed by atoms with Gasteiger partial charge in [0.25, 0.3) is 5.69 Å². The van der Waals surface area contributed by atoms with Crippen molar-refractivity contribution in [3.8, 4) is 0 Å². The number of fused-ring (bicyclic) bond motifs is 1. The van der Waals surface area contributed by atoms with Crippen LogP contribution in [-0.2, 0) is 4.79 Å². The summed E-state index contributed by atoms with van der Waals surface area (Å²) in [6.45, 7) is 0.487. The molecule has 0 atom stereocenters. The van der Waals surface area contributed by atoms with E-state index in [1.54, 1.807) is 18.0 Å². The van der Waals surface area contributed by atoms with Gasteiger partial charge in [-0.25, -0.2) is 9.97 Å². The van der Waals surface area contributed by atoms with Crippen molar-refractivity contribution in [2.24, 2.45) is 0 Å². The van der Waals surface area contributed by atoms with Crippen molar-refractivity contribution in [3.63, 3.8) is 0 Å². The van der Waals surface area contributed by atoms with Crippen LogP contribution in [0.2, 0.25) is 0 Å². The van der Waals surface area contributed by atoms with Gasteiger partial charge < -0.3 is 10.0 Å². The summed E-state index contributed by atoms with van der Waals surface area (Å²) < 4.78 is 0. The van der Waals surface area contributed by atoms with E-state index in [-0.39, 0.29) is 12.1 Å². The molecule has 2 aromatic rings. The smallest absolute Gasteiger partial charge is 0.303 e. The van der Waals surface area contributed by atoms with Crippen molar-refractivity contribution in [2.45, 2.75) is 12.8 Å². The number of carboxylic acids is 1. The first-order valence-electron chi connectivity index (χ1n) is 6.31. The van der Waals surface area contributed by atoms with E-state index in [4.69, 9.17) is 5.11 Å². The Morgan fingerprint density at radius 1 is 1.43 bits per heavy atom. The number of hydrogen-bond acceptors (Lipinski definition) is 6. The number of nitro groups is 1. The van der Waals surface area contributed by atoms with Crippen molar-refractivity contribution in [1.82, 2.24) is 9.97 Å². The number of non-ortho nitro benzene ring substituents is 1. The quantitative estimate of drug-likeness (QED) is 0.638. The predicted molar refractivity (Wildman–Crippen MR) is 76.3 cm³/mol. The maximum Gasteiger partial charge on any atom is 0.303 e.